The molecule has 1 aromatic carbocycles. The molecule has 0 spiro atoms. The average molecular weight is 340 g/mol. The molecule has 1 fully saturated rings. The molecular formula is C16H16CrO5. The number of fused-ring (bicyclic) bond motifs is 1. The van der Waals surface area contributed by atoms with Crippen molar-refractivity contribution in [2.75, 3.05) is 6.61 Å². The molecule has 2 atom stereocenters. The minimum absolute atomic E-state index is 0. The van der Waals surface area contributed by atoms with E-state index in [0.29, 0.717) is 0 Å². The van der Waals surface area contributed by atoms with E-state index in [1.54, 1.807) is 0 Å². The SMILES string of the molecule is [C-]#[O+].[C-]#[O+].[C-]#[O+].[Cr].c1ccc2c(c1)C[C@@H]2OC1CCCCO1. The zero-order valence-corrected chi connectivity index (χ0v) is 13.2. The van der Waals surface area contributed by atoms with Crippen molar-refractivity contribution in [2.45, 2.75) is 38.1 Å². The topological polar surface area (TPSA) is 78.2 Å². The van der Waals surface area contributed by atoms with E-state index >= 15 is 0 Å². The second-order valence-electron chi connectivity index (χ2n) is 4.32. The zero-order valence-electron chi connectivity index (χ0n) is 11.9. The van der Waals surface area contributed by atoms with Gasteiger partial charge in [0, 0.05) is 30.4 Å². The summed E-state index contributed by atoms with van der Waals surface area (Å²) in [5, 5.41) is 0. The number of hydrogen-bond donors (Lipinski definition) is 0. The Bertz CT molecular complexity index is 449. The van der Waals surface area contributed by atoms with E-state index in [0.717, 1.165) is 19.4 Å². The van der Waals surface area contributed by atoms with Crippen molar-refractivity contribution in [1.29, 1.82) is 0 Å². The van der Waals surface area contributed by atoms with Crippen LogP contribution in [0.3, 0.4) is 0 Å². The second-order valence-corrected chi connectivity index (χ2v) is 4.32. The Labute approximate surface area is 141 Å². The van der Waals surface area contributed by atoms with Gasteiger partial charge in [0.15, 0.2) is 6.29 Å². The summed E-state index contributed by atoms with van der Waals surface area (Å²) in [6, 6.07) is 8.51. The van der Waals surface area contributed by atoms with E-state index in [2.05, 4.69) is 44.2 Å². The summed E-state index contributed by atoms with van der Waals surface area (Å²) in [5.41, 5.74) is 2.78. The van der Waals surface area contributed by atoms with Crippen molar-refractivity contribution in [2.24, 2.45) is 0 Å². The minimum Gasteiger partial charge on any atom is -0.353 e. The van der Waals surface area contributed by atoms with Crippen molar-refractivity contribution in [3.63, 3.8) is 0 Å². The smallest absolute Gasteiger partial charge is 0.158 e. The summed E-state index contributed by atoms with van der Waals surface area (Å²) >= 11 is 0. The van der Waals surface area contributed by atoms with Crippen molar-refractivity contribution in [3.8, 4) is 0 Å². The molecule has 3 rings (SSSR count). The molecule has 5 nitrogen and oxygen atoms in total. The van der Waals surface area contributed by atoms with E-state index in [4.69, 9.17) is 23.4 Å². The summed E-state index contributed by atoms with van der Waals surface area (Å²) < 4.78 is 34.0. The Hall–Kier alpha value is -1.11. The van der Waals surface area contributed by atoms with Gasteiger partial charge in [-0.15, -0.1) is 0 Å². The molecule has 0 N–H and O–H groups in total. The molecule has 1 aromatic rings. The van der Waals surface area contributed by atoms with Crippen molar-refractivity contribution >= 4 is 0 Å². The van der Waals surface area contributed by atoms with Gasteiger partial charge in [-0.1, -0.05) is 24.3 Å². The molecule has 1 saturated heterocycles. The van der Waals surface area contributed by atoms with Crippen LogP contribution in [0.1, 0.15) is 36.5 Å². The van der Waals surface area contributed by atoms with Crippen molar-refractivity contribution in [3.05, 3.63) is 55.3 Å². The van der Waals surface area contributed by atoms with Gasteiger partial charge >= 0.3 is 33.9 Å². The number of hydrogen-bond acceptors (Lipinski definition) is 2. The first-order valence-corrected chi connectivity index (χ1v) is 6.39. The Kier molecular flexibility index (Phi) is 15.6. The fraction of sp³-hybridized carbons (Fsp3) is 0.438. The van der Waals surface area contributed by atoms with Crippen molar-refractivity contribution < 1.29 is 40.8 Å². The summed E-state index contributed by atoms with van der Waals surface area (Å²) in [6.45, 7) is 14.4. The zero-order chi connectivity index (χ0) is 16.1. The van der Waals surface area contributed by atoms with E-state index in [1.807, 2.05) is 0 Å². The van der Waals surface area contributed by atoms with Crippen LogP contribution in [0.15, 0.2) is 24.3 Å². The average Bonchev–Trinajstić information content (AvgIpc) is 2.59. The number of ether oxygens (including phenoxy) is 2. The first-order chi connectivity index (χ1) is 10.4. The van der Waals surface area contributed by atoms with Crippen LogP contribution >= 0.6 is 0 Å². The maximum absolute atomic E-state index is 7.50. The minimum atomic E-state index is 0. The molecule has 116 valence electrons. The van der Waals surface area contributed by atoms with Gasteiger partial charge in [-0.05, 0) is 30.4 Å². The predicted molar refractivity (Wildman–Crippen MR) is 69.4 cm³/mol. The fourth-order valence-corrected chi connectivity index (χ4v) is 2.34. The molecule has 6 heteroatoms. The molecule has 22 heavy (non-hydrogen) atoms. The molecule has 0 saturated carbocycles. The molecular weight excluding hydrogens is 324 g/mol. The quantitative estimate of drug-likeness (QED) is 0.613. The molecule has 0 aromatic heterocycles. The largest absolute Gasteiger partial charge is 0.353 e. The van der Waals surface area contributed by atoms with Gasteiger partial charge in [0.1, 0.15) is 0 Å². The van der Waals surface area contributed by atoms with Gasteiger partial charge in [0.25, 0.3) is 0 Å². The Morgan fingerprint density at radius 2 is 1.64 bits per heavy atom. The monoisotopic (exact) mass is 340 g/mol. The molecule has 1 aliphatic carbocycles. The van der Waals surface area contributed by atoms with E-state index in [9.17, 15) is 0 Å². The summed E-state index contributed by atoms with van der Waals surface area (Å²) in [6.07, 6.45) is 4.84. The van der Waals surface area contributed by atoms with Crippen LogP contribution in [0.2, 0.25) is 0 Å². The standard InChI is InChI=1S/C13H16O2.3CO.Cr/c1-2-6-11-10(5-1)9-12(11)15-13-7-3-4-8-14-13;3*1-2;/h1-2,5-6,12-13H,3-4,7-9H2;;;;/t12-,13?;;;;/m0..../s1. The Morgan fingerprint density at radius 3 is 2.18 bits per heavy atom. The van der Waals surface area contributed by atoms with Gasteiger partial charge in [0.05, 0.1) is 6.10 Å². The molecule has 1 unspecified atom stereocenters. The van der Waals surface area contributed by atoms with E-state index < -0.39 is 0 Å². The molecule has 0 amide bonds. The Morgan fingerprint density at radius 1 is 1.00 bits per heavy atom. The number of benzene rings is 1. The third kappa shape index (κ3) is 6.77. The molecule has 1 heterocycles. The van der Waals surface area contributed by atoms with Crippen LogP contribution in [-0.2, 0) is 47.2 Å². The van der Waals surface area contributed by atoms with Crippen LogP contribution in [0.5, 0.6) is 0 Å². The van der Waals surface area contributed by atoms with Crippen LogP contribution in [-0.4, -0.2) is 12.9 Å². The second kappa shape index (κ2) is 14.8. The van der Waals surface area contributed by atoms with Crippen LogP contribution < -0.4 is 0 Å². The molecule has 0 radical (unpaired) electrons. The molecule has 2 aliphatic rings. The maximum atomic E-state index is 7.50. The maximum Gasteiger partial charge on any atom is 0.158 e. The van der Waals surface area contributed by atoms with Crippen LogP contribution in [0.4, 0.5) is 0 Å². The van der Waals surface area contributed by atoms with Gasteiger partial charge in [-0.3, -0.25) is 0 Å². The van der Waals surface area contributed by atoms with Gasteiger partial charge in [-0.2, -0.15) is 0 Å². The third-order valence-electron chi connectivity index (χ3n) is 3.26. The summed E-state index contributed by atoms with van der Waals surface area (Å²) in [4.78, 5) is 0. The Balaban J connectivity index is 0. The fourth-order valence-electron chi connectivity index (χ4n) is 2.34. The number of rotatable bonds is 2. The first kappa shape index (κ1) is 23.2. The normalized spacial score (nSPS) is 20.3. The van der Waals surface area contributed by atoms with Crippen molar-refractivity contribution in [1.82, 2.24) is 0 Å². The summed E-state index contributed by atoms with van der Waals surface area (Å²) in [7, 11) is 0. The molecule has 1 aliphatic heterocycles. The van der Waals surface area contributed by atoms with Gasteiger partial charge < -0.3 is 9.47 Å². The predicted octanol–water partition coefficient (Wildman–Crippen LogP) is 2.71. The van der Waals surface area contributed by atoms with Crippen LogP contribution in [0, 0.1) is 20.0 Å². The van der Waals surface area contributed by atoms with E-state index in [-0.39, 0.29) is 29.8 Å². The molecule has 0 bridgehead atoms. The summed E-state index contributed by atoms with van der Waals surface area (Å²) in [5.74, 6) is 0. The van der Waals surface area contributed by atoms with Gasteiger partial charge in [0.2, 0.25) is 0 Å². The third-order valence-corrected chi connectivity index (χ3v) is 3.26. The van der Waals surface area contributed by atoms with Crippen LogP contribution in [0.25, 0.3) is 0 Å². The van der Waals surface area contributed by atoms with Gasteiger partial charge in [-0.25, -0.2) is 0 Å². The first-order valence-electron chi connectivity index (χ1n) is 6.39. The van der Waals surface area contributed by atoms with E-state index in [1.165, 1.54) is 24.0 Å².